The highest BCUT2D eigenvalue weighted by atomic mass is 19.1. The molecule has 8 heteroatoms. The minimum absolute atomic E-state index is 0.197. The van der Waals surface area contributed by atoms with E-state index in [0.29, 0.717) is 34.7 Å². The number of nitrogens with zero attached hydrogens (tertiary/aromatic N) is 3. The predicted molar refractivity (Wildman–Crippen MR) is 123 cm³/mol. The van der Waals surface area contributed by atoms with Crippen molar-refractivity contribution < 1.29 is 19.0 Å². The number of carbonyl (C=O) groups is 1. The molecule has 4 aromatic rings. The number of H-pyrrole nitrogens is 1. The average Bonchev–Trinajstić information content (AvgIpc) is 3.32. The van der Waals surface area contributed by atoms with E-state index in [4.69, 9.17) is 4.74 Å². The summed E-state index contributed by atoms with van der Waals surface area (Å²) in [6, 6.07) is 11.1. The molecule has 0 aliphatic rings. The third kappa shape index (κ3) is 4.29. The van der Waals surface area contributed by atoms with E-state index >= 15 is 0 Å². The van der Waals surface area contributed by atoms with Gasteiger partial charge in [0.15, 0.2) is 0 Å². The summed E-state index contributed by atoms with van der Waals surface area (Å²) in [6.45, 7) is 3.97. The third-order valence-corrected chi connectivity index (χ3v) is 5.76. The Morgan fingerprint density at radius 1 is 1.24 bits per heavy atom. The third-order valence-electron chi connectivity index (χ3n) is 5.76. The lowest BCUT2D eigenvalue weighted by molar-refractivity contribution is 0.0743. The second kappa shape index (κ2) is 9.38. The second-order valence-corrected chi connectivity index (χ2v) is 7.72. The van der Waals surface area contributed by atoms with Crippen molar-refractivity contribution in [1.82, 2.24) is 20.1 Å². The lowest BCUT2D eigenvalue weighted by Crippen LogP contribution is -2.30. The molecule has 2 heterocycles. The number of pyridine rings is 1. The largest absolute Gasteiger partial charge is 0.493 e. The van der Waals surface area contributed by atoms with Gasteiger partial charge in [0, 0.05) is 35.3 Å². The van der Waals surface area contributed by atoms with Gasteiger partial charge in [-0.25, -0.2) is 4.39 Å². The Morgan fingerprint density at radius 2 is 2.06 bits per heavy atom. The summed E-state index contributed by atoms with van der Waals surface area (Å²) in [7, 11) is 1.72. The van der Waals surface area contributed by atoms with Crippen LogP contribution in [0.15, 0.2) is 54.9 Å². The number of amides is 1. The first kappa shape index (κ1) is 22.4. The number of hydrogen-bond acceptors (Lipinski definition) is 5. The van der Waals surface area contributed by atoms with Crippen LogP contribution in [-0.2, 0) is 6.61 Å². The number of benzene rings is 2. The van der Waals surface area contributed by atoms with Crippen molar-refractivity contribution >= 4 is 16.8 Å². The first-order valence-electron chi connectivity index (χ1n) is 10.7. The van der Waals surface area contributed by atoms with Gasteiger partial charge in [-0.3, -0.25) is 14.9 Å². The van der Waals surface area contributed by atoms with E-state index in [-0.39, 0.29) is 24.4 Å². The van der Waals surface area contributed by atoms with Crippen molar-refractivity contribution in [2.24, 2.45) is 0 Å². The number of hydrogen-bond donors (Lipinski definition) is 2. The Labute approximate surface area is 190 Å². The van der Waals surface area contributed by atoms with Gasteiger partial charge in [-0.15, -0.1) is 0 Å². The average molecular weight is 448 g/mol. The van der Waals surface area contributed by atoms with E-state index in [1.54, 1.807) is 54.7 Å². The minimum atomic E-state index is -0.338. The molecule has 0 spiro atoms. The zero-order valence-corrected chi connectivity index (χ0v) is 18.7. The van der Waals surface area contributed by atoms with Gasteiger partial charge in [-0.05, 0) is 49.7 Å². The first-order valence-corrected chi connectivity index (χ1v) is 10.7. The number of aromatic nitrogens is 3. The van der Waals surface area contributed by atoms with Crippen LogP contribution in [0.2, 0.25) is 0 Å². The molecule has 7 nitrogen and oxygen atoms in total. The molecule has 0 unspecified atom stereocenters. The zero-order valence-electron chi connectivity index (χ0n) is 18.7. The second-order valence-electron chi connectivity index (χ2n) is 7.72. The molecule has 1 atom stereocenters. The van der Waals surface area contributed by atoms with Crippen molar-refractivity contribution in [2.75, 3.05) is 13.7 Å². The molecule has 0 saturated heterocycles. The summed E-state index contributed by atoms with van der Waals surface area (Å²) in [5.41, 5.74) is 3.89. The van der Waals surface area contributed by atoms with Crippen LogP contribution in [0.1, 0.15) is 41.5 Å². The first-order chi connectivity index (χ1) is 15.9. The molecule has 2 aromatic heterocycles. The lowest BCUT2D eigenvalue weighted by Gasteiger charge is -2.26. The molecule has 0 saturated carbocycles. The number of fused-ring (bicyclic) bond motifs is 1. The number of nitrogens with one attached hydrogen (secondary N) is 1. The molecule has 0 bridgehead atoms. The molecular formula is C25H25FN4O3. The van der Waals surface area contributed by atoms with E-state index in [1.165, 1.54) is 12.1 Å². The fourth-order valence-electron chi connectivity index (χ4n) is 3.86. The fourth-order valence-corrected chi connectivity index (χ4v) is 3.86. The van der Waals surface area contributed by atoms with E-state index in [0.717, 1.165) is 16.5 Å². The van der Waals surface area contributed by atoms with Crippen LogP contribution >= 0.6 is 0 Å². The van der Waals surface area contributed by atoms with Crippen LogP contribution < -0.4 is 4.74 Å². The van der Waals surface area contributed by atoms with Gasteiger partial charge in [0.25, 0.3) is 5.91 Å². The predicted octanol–water partition coefficient (Wildman–Crippen LogP) is 4.49. The molecule has 4 rings (SSSR count). The quantitative estimate of drug-likeness (QED) is 0.435. The number of ether oxygens (including phenoxy) is 1. The van der Waals surface area contributed by atoms with Gasteiger partial charge >= 0.3 is 0 Å². The van der Waals surface area contributed by atoms with Crippen LogP contribution in [0.4, 0.5) is 4.39 Å². The number of rotatable bonds is 7. The Hall–Kier alpha value is -3.78. The summed E-state index contributed by atoms with van der Waals surface area (Å²) in [5.74, 6) is -0.0253. The lowest BCUT2D eigenvalue weighted by atomic mass is 10.0. The highest BCUT2D eigenvalue weighted by Gasteiger charge is 2.23. The molecule has 0 radical (unpaired) electrons. The number of halogens is 1. The number of aliphatic hydroxyl groups is 1. The van der Waals surface area contributed by atoms with Crippen molar-refractivity contribution in [3.05, 3.63) is 77.5 Å². The van der Waals surface area contributed by atoms with Crippen LogP contribution in [0.25, 0.3) is 22.0 Å². The summed E-state index contributed by atoms with van der Waals surface area (Å²) in [5, 5.41) is 17.3. The molecule has 0 aliphatic carbocycles. The topological polar surface area (TPSA) is 91.3 Å². The number of carbonyl (C=O) groups excluding carboxylic acids is 1. The molecule has 2 aromatic carbocycles. The Bertz CT molecular complexity index is 1300. The van der Waals surface area contributed by atoms with Gasteiger partial charge in [0.2, 0.25) is 0 Å². The van der Waals surface area contributed by atoms with Gasteiger partial charge in [0.1, 0.15) is 11.6 Å². The van der Waals surface area contributed by atoms with Crippen LogP contribution in [0, 0.1) is 5.82 Å². The monoisotopic (exact) mass is 448 g/mol. The molecular weight excluding hydrogens is 423 g/mol. The van der Waals surface area contributed by atoms with Crippen molar-refractivity contribution in [1.29, 1.82) is 0 Å². The zero-order chi connectivity index (χ0) is 23.5. The van der Waals surface area contributed by atoms with Crippen molar-refractivity contribution in [3.8, 4) is 16.9 Å². The van der Waals surface area contributed by atoms with Crippen molar-refractivity contribution in [2.45, 2.75) is 26.5 Å². The smallest absolute Gasteiger partial charge is 0.254 e. The van der Waals surface area contributed by atoms with Crippen LogP contribution in [0.5, 0.6) is 5.75 Å². The van der Waals surface area contributed by atoms with E-state index in [2.05, 4.69) is 15.2 Å². The molecule has 1 amide bonds. The summed E-state index contributed by atoms with van der Waals surface area (Å²) >= 11 is 0. The van der Waals surface area contributed by atoms with Gasteiger partial charge in [-0.2, -0.15) is 5.10 Å². The Morgan fingerprint density at radius 3 is 2.79 bits per heavy atom. The maximum Gasteiger partial charge on any atom is 0.254 e. The normalized spacial score (nSPS) is 12.0. The fraction of sp³-hybridized carbons (Fsp3) is 0.240. The Balaban J connectivity index is 1.66. The maximum atomic E-state index is 13.7. The number of aromatic amines is 1. The minimum Gasteiger partial charge on any atom is -0.493 e. The van der Waals surface area contributed by atoms with E-state index in [1.807, 2.05) is 13.8 Å². The highest BCUT2D eigenvalue weighted by Crippen LogP contribution is 2.33. The maximum absolute atomic E-state index is 13.7. The van der Waals surface area contributed by atoms with Crippen LogP contribution in [0.3, 0.4) is 0 Å². The standard InChI is InChI=1S/C25H25FN4O3/c1-4-33-23-11-17(8-9-19(23)16-6-5-7-18(26)10-16)25(32)30(3)15(2)20-12-27-22(14-31)21-13-28-29-24(20)21/h5-13,15,31H,4,14H2,1-3H3,(H,28,29)/t15-/m1/s1. The van der Waals surface area contributed by atoms with Crippen LogP contribution in [-0.4, -0.2) is 44.7 Å². The Kier molecular flexibility index (Phi) is 6.37. The molecule has 33 heavy (non-hydrogen) atoms. The summed E-state index contributed by atoms with van der Waals surface area (Å²) in [6.07, 6.45) is 3.27. The van der Waals surface area contributed by atoms with Gasteiger partial charge in [0.05, 0.1) is 36.7 Å². The SMILES string of the molecule is CCOc1cc(C(=O)N(C)[C@H](C)c2cnc(CO)c3cn[nH]c23)ccc1-c1cccc(F)c1. The molecule has 170 valence electrons. The molecule has 0 aliphatic heterocycles. The summed E-state index contributed by atoms with van der Waals surface area (Å²) in [4.78, 5) is 19.3. The van der Waals surface area contributed by atoms with E-state index in [9.17, 15) is 14.3 Å². The van der Waals surface area contributed by atoms with Crippen molar-refractivity contribution in [3.63, 3.8) is 0 Å². The molecule has 0 fully saturated rings. The highest BCUT2D eigenvalue weighted by molar-refractivity contribution is 5.96. The van der Waals surface area contributed by atoms with Gasteiger partial charge in [-0.1, -0.05) is 12.1 Å². The van der Waals surface area contributed by atoms with Gasteiger partial charge < -0.3 is 14.7 Å². The summed E-state index contributed by atoms with van der Waals surface area (Å²) < 4.78 is 19.5. The number of aliphatic hydroxyl groups excluding tert-OH is 1. The molecule has 2 N–H and O–H groups in total. The van der Waals surface area contributed by atoms with E-state index < -0.39 is 0 Å².